The van der Waals surface area contributed by atoms with Gasteiger partial charge in [0.25, 0.3) is 10.0 Å². The Hall–Kier alpha value is -2.51. The van der Waals surface area contributed by atoms with Crippen molar-refractivity contribution >= 4 is 27.0 Å². The molecule has 5 nitrogen and oxygen atoms in total. The average Bonchev–Trinajstić information content (AvgIpc) is 3.26. The van der Waals surface area contributed by atoms with E-state index in [2.05, 4.69) is 6.92 Å². The van der Waals surface area contributed by atoms with Crippen LogP contribution in [0.3, 0.4) is 0 Å². The van der Waals surface area contributed by atoms with Gasteiger partial charge in [0.05, 0.1) is 17.1 Å². The van der Waals surface area contributed by atoms with Crippen LogP contribution in [-0.4, -0.2) is 21.6 Å². The Morgan fingerprint density at radius 3 is 2.45 bits per heavy atom. The van der Waals surface area contributed by atoms with Crippen LogP contribution in [0.4, 0.5) is 5.69 Å². The van der Waals surface area contributed by atoms with Gasteiger partial charge in [0.2, 0.25) is 0 Å². The second-order valence-electron chi connectivity index (χ2n) is 6.81. The highest BCUT2D eigenvalue weighted by Gasteiger charge is 2.27. The van der Waals surface area contributed by atoms with Gasteiger partial charge in [-0.2, -0.15) is 0 Å². The third kappa shape index (κ3) is 4.26. The summed E-state index contributed by atoms with van der Waals surface area (Å²) in [5.74, 6) is 1.20. The fraction of sp³-hybridized carbons (Fsp3) is 0.273. The Bertz CT molecular complexity index is 1060. The van der Waals surface area contributed by atoms with Crippen LogP contribution in [0.5, 0.6) is 11.5 Å². The fourth-order valence-electron chi connectivity index (χ4n) is 3.29. The number of fused-ring (bicyclic) bond motifs is 1. The number of anilines is 1. The van der Waals surface area contributed by atoms with Crippen molar-refractivity contribution < 1.29 is 17.9 Å². The number of ether oxygens (including phenoxy) is 2. The summed E-state index contributed by atoms with van der Waals surface area (Å²) in [4.78, 5) is 1.25. The highest BCUT2D eigenvalue weighted by Crippen LogP contribution is 2.36. The molecule has 3 aromatic rings. The van der Waals surface area contributed by atoms with E-state index in [1.807, 2.05) is 29.6 Å². The Morgan fingerprint density at radius 1 is 1.00 bits per heavy atom. The molecule has 0 atom stereocenters. The van der Waals surface area contributed by atoms with Crippen LogP contribution in [0.2, 0.25) is 0 Å². The number of thiophene rings is 1. The minimum absolute atomic E-state index is 0.260. The molecule has 7 heteroatoms. The normalized spacial score (nSPS) is 13.3. The SMILES string of the molecule is CCCc1ccc(S(=O)(=O)N(Cc2cccs2)c2ccc3c(c2)OCCO3)cc1. The van der Waals surface area contributed by atoms with Crippen molar-refractivity contribution in [3.8, 4) is 11.5 Å². The predicted molar refractivity (Wildman–Crippen MR) is 116 cm³/mol. The van der Waals surface area contributed by atoms with Gasteiger partial charge in [-0.3, -0.25) is 4.31 Å². The van der Waals surface area contributed by atoms with E-state index in [4.69, 9.17) is 9.47 Å². The number of hydrogen-bond acceptors (Lipinski definition) is 5. The number of rotatable bonds is 7. The minimum atomic E-state index is -3.74. The van der Waals surface area contributed by atoms with E-state index in [0.29, 0.717) is 30.4 Å². The summed E-state index contributed by atoms with van der Waals surface area (Å²) in [5.41, 5.74) is 1.69. The summed E-state index contributed by atoms with van der Waals surface area (Å²) in [5, 5.41) is 1.95. The van der Waals surface area contributed by atoms with Crippen molar-refractivity contribution in [2.45, 2.75) is 31.2 Å². The minimum Gasteiger partial charge on any atom is -0.486 e. The van der Waals surface area contributed by atoms with Crippen molar-refractivity contribution in [1.29, 1.82) is 0 Å². The molecule has 0 aliphatic carbocycles. The van der Waals surface area contributed by atoms with E-state index in [9.17, 15) is 8.42 Å². The predicted octanol–water partition coefficient (Wildman–Crippen LogP) is 4.87. The van der Waals surface area contributed by atoms with Gasteiger partial charge in [0, 0.05) is 10.9 Å². The van der Waals surface area contributed by atoms with Crippen molar-refractivity contribution in [2.24, 2.45) is 0 Å². The van der Waals surface area contributed by atoms with Gasteiger partial charge >= 0.3 is 0 Å². The summed E-state index contributed by atoms with van der Waals surface area (Å²) in [6, 6.07) is 16.3. The van der Waals surface area contributed by atoms with E-state index in [-0.39, 0.29) is 11.4 Å². The molecule has 0 spiro atoms. The first-order valence-corrected chi connectivity index (χ1v) is 11.9. The first kappa shape index (κ1) is 19.8. The molecule has 1 aliphatic rings. The van der Waals surface area contributed by atoms with E-state index in [0.717, 1.165) is 23.3 Å². The van der Waals surface area contributed by atoms with Gasteiger partial charge in [0.1, 0.15) is 13.2 Å². The van der Waals surface area contributed by atoms with Gasteiger partial charge in [-0.15, -0.1) is 11.3 Å². The van der Waals surface area contributed by atoms with Crippen LogP contribution in [-0.2, 0) is 23.0 Å². The molecule has 0 N–H and O–H groups in total. The summed E-state index contributed by atoms with van der Waals surface area (Å²) in [7, 11) is -3.74. The van der Waals surface area contributed by atoms with Crippen LogP contribution in [0.15, 0.2) is 64.9 Å². The maximum absolute atomic E-state index is 13.6. The van der Waals surface area contributed by atoms with Crippen molar-refractivity contribution in [1.82, 2.24) is 0 Å². The lowest BCUT2D eigenvalue weighted by Gasteiger charge is -2.26. The second kappa shape index (κ2) is 8.47. The molecule has 152 valence electrons. The maximum atomic E-state index is 13.6. The Kier molecular flexibility index (Phi) is 5.78. The van der Waals surface area contributed by atoms with Gasteiger partial charge in [-0.05, 0) is 47.7 Å². The van der Waals surface area contributed by atoms with E-state index >= 15 is 0 Å². The standard InChI is InChI=1S/C22H23NO4S2/c1-2-4-17-6-9-20(10-7-17)29(24,25)23(16-19-5-3-14-28-19)18-8-11-21-22(15-18)27-13-12-26-21/h3,5-11,14-15H,2,4,12-13,16H2,1H3. The number of nitrogens with zero attached hydrogens (tertiary/aromatic N) is 1. The highest BCUT2D eigenvalue weighted by molar-refractivity contribution is 7.92. The van der Waals surface area contributed by atoms with Crippen LogP contribution < -0.4 is 13.8 Å². The smallest absolute Gasteiger partial charge is 0.264 e. The molecule has 0 radical (unpaired) electrons. The Labute approximate surface area is 175 Å². The molecule has 0 unspecified atom stereocenters. The molecule has 1 aromatic heterocycles. The summed E-state index contributed by atoms with van der Waals surface area (Å²) in [6.07, 6.45) is 1.95. The lowest BCUT2D eigenvalue weighted by atomic mass is 10.1. The Balaban J connectivity index is 1.73. The highest BCUT2D eigenvalue weighted by atomic mass is 32.2. The molecule has 1 aliphatic heterocycles. The molecule has 0 bridgehead atoms. The lowest BCUT2D eigenvalue weighted by Crippen LogP contribution is -2.30. The molecular weight excluding hydrogens is 406 g/mol. The zero-order valence-corrected chi connectivity index (χ0v) is 17.8. The van der Waals surface area contributed by atoms with Gasteiger partial charge in [-0.1, -0.05) is 31.5 Å². The van der Waals surface area contributed by atoms with E-state index in [1.165, 1.54) is 15.6 Å². The van der Waals surface area contributed by atoms with Crippen LogP contribution in [0, 0.1) is 0 Å². The molecular formula is C22H23NO4S2. The van der Waals surface area contributed by atoms with Gasteiger partial charge in [0.15, 0.2) is 11.5 Å². The summed E-state index contributed by atoms with van der Waals surface area (Å²) >= 11 is 1.53. The summed E-state index contributed by atoms with van der Waals surface area (Å²) < 4.78 is 39.8. The van der Waals surface area contributed by atoms with E-state index in [1.54, 1.807) is 30.3 Å². The molecule has 0 saturated heterocycles. The van der Waals surface area contributed by atoms with Crippen molar-refractivity contribution in [3.63, 3.8) is 0 Å². The lowest BCUT2D eigenvalue weighted by molar-refractivity contribution is 0.171. The third-order valence-electron chi connectivity index (χ3n) is 4.74. The fourth-order valence-corrected chi connectivity index (χ4v) is 5.50. The molecule has 2 heterocycles. The largest absolute Gasteiger partial charge is 0.486 e. The number of sulfonamides is 1. The van der Waals surface area contributed by atoms with Gasteiger partial charge in [-0.25, -0.2) is 8.42 Å². The zero-order valence-electron chi connectivity index (χ0n) is 16.2. The number of aryl methyl sites for hydroxylation is 1. The van der Waals surface area contributed by atoms with Gasteiger partial charge < -0.3 is 9.47 Å². The maximum Gasteiger partial charge on any atom is 0.264 e. The first-order chi connectivity index (χ1) is 14.1. The molecule has 0 saturated carbocycles. The van der Waals surface area contributed by atoms with E-state index < -0.39 is 10.0 Å². The number of benzene rings is 2. The van der Waals surface area contributed by atoms with Crippen LogP contribution in [0.1, 0.15) is 23.8 Å². The topological polar surface area (TPSA) is 55.8 Å². The molecule has 0 amide bonds. The van der Waals surface area contributed by atoms with Crippen LogP contribution >= 0.6 is 11.3 Å². The zero-order chi connectivity index (χ0) is 20.3. The Morgan fingerprint density at radius 2 is 1.76 bits per heavy atom. The van der Waals surface area contributed by atoms with Crippen LogP contribution in [0.25, 0.3) is 0 Å². The van der Waals surface area contributed by atoms with Crippen molar-refractivity contribution in [2.75, 3.05) is 17.5 Å². The second-order valence-corrected chi connectivity index (χ2v) is 9.71. The molecule has 2 aromatic carbocycles. The third-order valence-corrected chi connectivity index (χ3v) is 7.39. The molecule has 4 rings (SSSR count). The molecule has 0 fully saturated rings. The monoisotopic (exact) mass is 429 g/mol. The molecule has 29 heavy (non-hydrogen) atoms. The van der Waals surface area contributed by atoms with Crippen molar-refractivity contribution in [3.05, 3.63) is 70.4 Å². The average molecular weight is 430 g/mol. The quantitative estimate of drug-likeness (QED) is 0.538. The first-order valence-electron chi connectivity index (χ1n) is 9.61. The summed E-state index contributed by atoms with van der Waals surface area (Å²) in [6.45, 7) is 3.31. The number of hydrogen-bond donors (Lipinski definition) is 0.